The number of nitrogens with one attached hydrogen (secondary N) is 1. The third-order valence-corrected chi connectivity index (χ3v) is 5.11. The molecule has 1 unspecified atom stereocenters. The van der Waals surface area contributed by atoms with Gasteiger partial charge in [0.15, 0.2) is 0 Å². The quantitative estimate of drug-likeness (QED) is 0.771. The molecule has 2 aromatic carbocycles. The van der Waals surface area contributed by atoms with Crippen molar-refractivity contribution in [3.8, 4) is 6.07 Å². The van der Waals surface area contributed by atoms with Crippen molar-refractivity contribution in [3.63, 3.8) is 0 Å². The van der Waals surface area contributed by atoms with E-state index >= 15 is 0 Å². The topological polar surface area (TPSA) is 42.8 Å². The molecule has 2 heterocycles. The second-order valence-corrected chi connectivity index (χ2v) is 6.62. The summed E-state index contributed by atoms with van der Waals surface area (Å²) in [6.07, 6.45) is 4.68. The molecule has 1 fully saturated rings. The zero-order valence-electron chi connectivity index (χ0n) is 13.9. The summed E-state index contributed by atoms with van der Waals surface area (Å²) in [7, 11) is 0. The average molecular weight is 315 g/mol. The smallest absolute Gasteiger partial charge is 0.0991 e. The van der Waals surface area contributed by atoms with E-state index in [0.29, 0.717) is 5.56 Å². The SMILES string of the molecule is Cc1cccc2c(C(c3ccc(C#N)cc3)N3CCCC3)c[nH]c12. The maximum atomic E-state index is 9.07. The lowest BCUT2D eigenvalue weighted by atomic mass is 9.95. The van der Waals surface area contributed by atoms with Crippen LogP contribution in [0.2, 0.25) is 0 Å². The number of fused-ring (bicyclic) bond motifs is 1. The number of hydrogen-bond acceptors (Lipinski definition) is 2. The van der Waals surface area contributed by atoms with Crippen LogP contribution in [-0.2, 0) is 0 Å². The lowest BCUT2D eigenvalue weighted by Crippen LogP contribution is -2.26. The lowest BCUT2D eigenvalue weighted by Gasteiger charge is -2.28. The van der Waals surface area contributed by atoms with E-state index in [4.69, 9.17) is 5.26 Å². The molecule has 0 amide bonds. The van der Waals surface area contributed by atoms with Crippen molar-refractivity contribution in [1.82, 2.24) is 9.88 Å². The van der Waals surface area contributed by atoms with Crippen molar-refractivity contribution in [2.24, 2.45) is 0 Å². The number of rotatable bonds is 3. The van der Waals surface area contributed by atoms with Gasteiger partial charge in [0.1, 0.15) is 0 Å². The molecule has 4 rings (SSSR count). The van der Waals surface area contributed by atoms with Crippen LogP contribution >= 0.6 is 0 Å². The second-order valence-electron chi connectivity index (χ2n) is 6.62. The number of aryl methyl sites for hydroxylation is 1. The summed E-state index contributed by atoms with van der Waals surface area (Å²) in [5.41, 5.74) is 5.82. The Kier molecular flexibility index (Phi) is 3.84. The summed E-state index contributed by atoms with van der Waals surface area (Å²) < 4.78 is 0. The van der Waals surface area contributed by atoms with Crippen LogP contribution in [0, 0.1) is 18.3 Å². The van der Waals surface area contributed by atoms with E-state index in [9.17, 15) is 0 Å². The summed E-state index contributed by atoms with van der Waals surface area (Å²) in [6, 6.07) is 17.0. The third kappa shape index (κ3) is 2.50. The van der Waals surface area contributed by atoms with Gasteiger partial charge in [-0.15, -0.1) is 0 Å². The molecular formula is C21H21N3. The van der Waals surface area contributed by atoms with E-state index in [1.54, 1.807) is 0 Å². The molecule has 0 aliphatic carbocycles. The Hall–Kier alpha value is -2.57. The molecule has 0 spiro atoms. The normalized spacial score (nSPS) is 16.3. The molecule has 1 aromatic heterocycles. The zero-order valence-corrected chi connectivity index (χ0v) is 13.9. The minimum atomic E-state index is 0.246. The summed E-state index contributed by atoms with van der Waals surface area (Å²) in [5, 5.41) is 10.4. The Bertz CT molecular complexity index is 893. The largest absolute Gasteiger partial charge is 0.361 e. The van der Waals surface area contributed by atoms with Crippen molar-refractivity contribution in [3.05, 3.63) is 70.9 Å². The van der Waals surface area contributed by atoms with Crippen LogP contribution in [0.3, 0.4) is 0 Å². The van der Waals surface area contributed by atoms with Crippen LogP contribution < -0.4 is 0 Å². The van der Waals surface area contributed by atoms with Gasteiger partial charge in [0.25, 0.3) is 0 Å². The Labute approximate surface area is 142 Å². The molecule has 1 atom stereocenters. The highest BCUT2D eigenvalue weighted by Crippen LogP contribution is 2.36. The minimum absolute atomic E-state index is 0.246. The Morgan fingerprint density at radius 3 is 2.54 bits per heavy atom. The standard InChI is InChI=1S/C21H21N3/c1-15-5-4-6-18-19(14-23-20(15)18)21(24-11-2-3-12-24)17-9-7-16(13-22)8-10-17/h4-10,14,21,23H,2-3,11-12H2,1H3. The van der Waals surface area contributed by atoms with Crippen LogP contribution in [0.15, 0.2) is 48.7 Å². The van der Waals surface area contributed by atoms with E-state index < -0.39 is 0 Å². The fraction of sp³-hybridized carbons (Fsp3) is 0.286. The third-order valence-electron chi connectivity index (χ3n) is 5.11. The molecule has 1 aliphatic heterocycles. The molecule has 1 saturated heterocycles. The highest BCUT2D eigenvalue weighted by Gasteiger charge is 2.27. The summed E-state index contributed by atoms with van der Waals surface area (Å²) in [4.78, 5) is 6.04. The van der Waals surface area contributed by atoms with Crippen LogP contribution in [-0.4, -0.2) is 23.0 Å². The van der Waals surface area contributed by atoms with Gasteiger partial charge in [-0.05, 0) is 61.7 Å². The number of aromatic nitrogens is 1. The van der Waals surface area contributed by atoms with Crippen molar-refractivity contribution < 1.29 is 0 Å². The van der Waals surface area contributed by atoms with E-state index in [-0.39, 0.29) is 6.04 Å². The predicted molar refractivity (Wildman–Crippen MR) is 96.8 cm³/mol. The van der Waals surface area contributed by atoms with E-state index in [1.807, 2.05) is 12.1 Å². The lowest BCUT2D eigenvalue weighted by molar-refractivity contribution is 0.282. The number of H-pyrrole nitrogens is 1. The van der Waals surface area contributed by atoms with Crippen molar-refractivity contribution in [2.75, 3.05) is 13.1 Å². The first kappa shape index (κ1) is 15.0. The Balaban J connectivity index is 1.85. The molecule has 1 aliphatic rings. The number of nitriles is 1. The van der Waals surface area contributed by atoms with Gasteiger partial charge in [-0.2, -0.15) is 5.26 Å². The van der Waals surface area contributed by atoms with E-state index in [1.165, 1.54) is 40.4 Å². The van der Waals surface area contributed by atoms with Crippen LogP contribution in [0.1, 0.15) is 41.1 Å². The number of benzene rings is 2. The number of para-hydroxylation sites is 1. The minimum Gasteiger partial charge on any atom is -0.361 e. The molecule has 120 valence electrons. The number of aromatic amines is 1. The predicted octanol–water partition coefficient (Wildman–Crippen LogP) is 4.53. The average Bonchev–Trinajstić information content (AvgIpc) is 3.28. The van der Waals surface area contributed by atoms with Crippen molar-refractivity contribution in [2.45, 2.75) is 25.8 Å². The fourth-order valence-corrected chi connectivity index (χ4v) is 3.88. The first-order chi connectivity index (χ1) is 11.8. The summed E-state index contributed by atoms with van der Waals surface area (Å²) in [6.45, 7) is 4.40. The Morgan fingerprint density at radius 1 is 1.08 bits per heavy atom. The van der Waals surface area contributed by atoms with Crippen LogP contribution in [0.5, 0.6) is 0 Å². The molecule has 3 heteroatoms. The fourth-order valence-electron chi connectivity index (χ4n) is 3.88. The molecule has 3 aromatic rings. The number of nitrogens with zero attached hydrogens (tertiary/aromatic N) is 2. The molecule has 1 N–H and O–H groups in total. The second kappa shape index (κ2) is 6.14. The Morgan fingerprint density at radius 2 is 1.83 bits per heavy atom. The summed E-state index contributed by atoms with van der Waals surface area (Å²) in [5.74, 6) is 0. The highest BCUT2D eigenvalue weighted by molar-refractivity contribution is 5.86. The van der Waals surface area contributed by atoms with Gasteiger partial charge in [-0.3, -0.25) is 4.90 Å². The molecule has 24 heavy (non-hydrogen) atoms. The van der Waals surface area contributed by atoms with Gasteiger partial charge in [0.2, 0.25) is 0 Å². The van der Waals surface area contributed by atoms with E-state index in [0.717, 1.165) is 13.1 Å². The molecule has 0 saturated carbocycles. The molecular weight excluding hydrogens is 294 g/mol. The van der Waals surface area contributed by atoms with Gasteiger partial charge in [-0.25, -0.2) is 0 Å². The zero-order chi connectivity index (χ0) is 16.5. The molecule has 0 bridgehead atoms. The van der Waals surface area contributed by atoms with Gasteiger partial charge < -0.3 is 4.98 Å². The monoisotopic (exact) mass is 315 g/mol. The van der Waals surface area contributed by atoms with Crippen molar-refractivity contribution in [1.29, 1.82) is 5.26 Å². The highest BCUT2D eigenvalue weighted by atomic mass is 15.2. The van der Waals surface area contributed by atoms with Crippen LogP contribution in [0.25, 0.3) is 10.9 Å². The van der Waals surface area contributed by atoms with Crippen LogP contribution in [0.4, 0.5) is 0 Å². The van der Waals surface area contributed by atoms with Gasteiger partial charge in [0.05, 0.1) is 17.7 Å². The van der Waals surface area contributed by atoms with Gasteiger partial charge in [-0.1, -0.05) is 30.3 Å². The molecule has 3 nitrogen and oxygen atoms in total. The maximum Gasteiger partial charge on any atom is 0.0991 e. The number of hydrogen-bond donors (Lipinski definition) is 1. The van der Waals surface area contributed by atoms with Gasteiger partial charge in [0, 0.05) is 17.1 Å². The number of likely N-dealkylation sites (tertiary alicyclic amines) is 1. The first-order valence-corrected chi connectivity index (χ1v) is 8.58. The van der Waals surface area contributed by atoms with E-state index in [2.05, 4.69) is 59.4 Å². The maximum absolute atomic E-state index is 9.07. The summed E-state index contributed by atoms with van der Waals surface area (Å²) >= 11 is 0. The first-order valence-electron chi connectivity index (χ1n) is 8.58. The van der Waals surface area contributed by atoms with Gasteiger partial charge >= 0.3 is 0 Å². The van der Waals surface area contributed by atoms with Crippen molar-refractivity contribution >= 4 is 10.9 Å². The molecule has 0 radical (unpaired) electrons.